The van der Waals surface area contributed by atoms with Gasteiger partial charge < -0.3 is 14.8 Å². The Labute approximate surface area is 128 Å². The zero-order chi connectivity index (χ0) is 15.6. The number of hydrogen-bond donors (Lipinski definition) is 2. The molecule has 0 saturated carbocycles. The number of methoxy groups -OCH3 is 1. The molecule has 0 atom stereocenters. The van der Waals surface area contributed by atoms with Crippen LogP contribution in [0.25, 0.3) is 0 Å². The Kier molecular flexibility index (Phi) is 9.37. The van der Waals surface area contributed by atoms with E-state index in [2.05, 4.69) is 17.0 Å². The molecule has 0 aromatic rings. The third-order valence-electron chi connectivity index (χ3n) is 3.56. The van der Waals surface area contributed by atoms with Crippen LogP contribution >= 0.6 is 0 Å². The van der Waals surface area contributed by atoms with Crippen LogP contribution in [0.1, 0.15) is 19.8 Å². The van der Waals surface area contributed by atoms with Crippen molar-refractivity contribution in [2.45, 2.75) is 19.8 Å². The molecule has 0 bridgehead atoms. The van der Waals surface area contributed by atoms with Crippen LogP contribution in [0.2, 0.25) is 0 Å². The van der Waals surface area contributed by atoms with Crippen LogP contribution < -0.4 is 10.0 Å². The van der Waals surface area contributed by atoms with Gasteiger partial charge in [0.2, 0.25) is 0 Å². The highest BCUT2D eigenvalue weighted by Gasteiger charge is 2.27. The van der Waals surface area contributed by atoms with Crippen LogP contribution in [0.15, 0.2) is 0 Å². The second-order valence-corrected chi connectivity index (χ2v) is 6.91. The standard InChI is InChI=1S/C13H29N3O4S/c1-3-14-12-13-4-7-16(8-5-13)21(17,18)15-6-9-20-11-10-19-2/h13-15H,3-12H2,1-2H3. The summed E-state index contributed by atoms with van der Waals surface area (Å²) in [6.45, 7) is 6.86. The molecule has 8 heteroatoms. The number of hydrogen-bond acceptors (Lipinski definition) is 5. The van der Waals surface area contributed by atoms with Crippen molar-refractivity contribution in [1.29, 1.82) is 0 Å². The molecule has 2 N–H and O–H groups in total. The summed E-state index contributed by atoms with van der Waals surface area (Å²) in [4.78, 5) is 0. The SMILES string of the molecule is CCNCC1CCN(S(=O)(=O)NCCOCCOC)CC1. The predicted octanol–water partition coefficient (Wildman–Crippen LogP) is -0.195. The van der Waals surface area contributed by atoms with Gasteiger partial charge in [-0.1, -0.05) is 6.92 Å². The zero-order valence-corrected chi connectivity index (χ0v) is 14.0. The van der Waals surface area contributed by atoms with Gasteiger partial charge in [-0.3, -0.25) is 0 Å². The Balaban J connectivity index is 2.20. The highest BCUT2D eigenvalue weighted by molar-refractivity contribution is 7.87. The lowest BCUT2D eigenvalue weighted by atomic mass is 9.98. The summed E-state index contributed by atoms with van der Waals surface area (Å²) in [5, 5.41) is 3.32. The molecular weight excluding hydrogens is 294 g/mol. The Morgan fingerprint density at radius 2 is 1.90 bits per heavy atom. The molecule has 0 spiro atoms. The summed E-state index contributed by atoms with van der Waals surface area (Å²) in [5.41, 5.74) is 0. The fraction of sp³-hybridized carbons (Fsp3) is 1.00. The molecule has 1 heterocycles. The lowest BCUT2D eigenvalue weighted by Gasteiger charge is -2.31. The minimum Gasteiger partial charge on any atom is -0.382 e. The summed E-state index contributed by atoms with van der Waals surface area (Å²) in [5.74, 6) is 0.578. The third-order valence-corrected chi connectivity index (χ3v) is 5.17. The molecule has 0 amide bonds. The van der Waals surface area contributed by atoms with Gasteiger partial charge in [-0.15, -0.1) is 0 Å². The van der Waals surface area contributed by atoms with E-state index in [1.54, 1.807) is 7.11 Å². The quantitative estimate of drug-likeness (QED) is 0.515. The molecule has 21 heavy (non-hydrogen) atoms. The van der Waals surface area contributed by atoms with Gasteiger partial charge in [-0.25, -0.2) is 0 Å². The first-order valence-electron chi connectivity index (χ1n) is 7.62. The lowest BCUT2D eigenvalue weighted by molar-refractivity contribution is 0.0734. The highest BCUT2D eigenvalue weighted by atomic mass is 32.2. The first-order chi connectivity index (χ1) is 10.1. The zero-order valence-electron chi connectivity index (χ0n) is 13.1. The fourth-order valence-corrected chi connectivity index (χ4v) is 3.50. The van der Waals surface area contributed by atoms with E-state index in [0.717, 1.165) is 25.9 Å². The van der Waals surface area contributed by atoms with Crippen molar-refractivity contribution in [1.82, 2.24) is 14.3 Å². The van der Waals surface area contributed by atoms with Crippen molar-refractivity contribution in [2.75, 3.05) is 59.7 Å². The van der Waals surface area contributed by atoms with Crippen LogP contribution in [0.4, 0.5) is 0 Å². The first kappa shape index (κ1) is 18.8. The Morgan fingerprint density at radius 1 is 1.19 bits per heavy atom. The maximum absolute atomic E-state index is 12.1. The molecule has 1 rings (SSSR count). The fourth-order valence-electron chi connectivity index (χ4n) is 2.28. The second kappa shape index (κ2) is 10.5. The van der Waals surface area contributed by atoms with E-state index < -0.39 is 10.2 Å². The minimum atomic E-state index is -3.37. The molecule has 0 aromatic heterocycles. The van der Waals surface area contributed by atoms with E-state index in [1.807, 2.05) is 0 Å². The number of nitrogens with zero attached hydrogens (tertiary/aromatic N) is 1. The third kappa shape index (κ3) is 7.53. The molecule has 126 valence electrons. The monoisotopic (exact) mass is 323 g/mol. The van der Waals surface area contributed by atoms with Crippen LogP contribution in [-0.4, -0.2) is 72.4 Å². The number of piperidine rings is 1. The topological polar surface area (TPSA) is 79.9 Å². The Hall–Kier alpha value is -0.250. The van der Waals surface area contributed by atoms with Crippen LogP contribution in [0, 0.1) is 5.92 Å². The van der Waals surface area contributed by atoms with E-state index in [4.69, 9.17) is 9.47 Å². The average Bonchev–Trinajstić information content (AvgIpc) is 2.49. The van der Waals surface area contributed by atoms with Crippen LogP contribution in [-0.2, 0) is 19.7 Å². The van der Waals surface area contributed by atoms with E-state index in [9.17, 15) is 8.42 Å². The molecule has 1 aliphatic heterocycles. The molecular formula is C13H29N3O4S. The van der Waals surface area contributed by atoms with Gasteiger partial charge in [-0.05, 0) is 31.8 Å². The number of rotatable bonds is 11. The summed E-state index contributed by atoms with van der Waals surface area (Å²) in [6.07, 6.45) is 1.83. The normalized spacial score (nSPS) is 18.2. The van der Waals surface area contributed by atoms with Crippen molar-refractivity contribution in [2.24, 2.45) is 5.92 Å². The van der Waals surface area contributed by atoms with Crippen molar-refractivity contribution in [3.8, 4) is 0 Å². The molecule has 1 saturated heterocycles. The average molecular weight is 323 g/mol. The van der Waals surface area contributed by atoms with Gasteiger partial charge in [0, 0.05) is 26.7 Å². The molecule has 0 aliphatic carbocycles. The summed E-state index contributed by atoms with van der Waals surface area (Å²) in [6, 6.07) is 0. The molecule has 1 aliphatic rings. The van der Waals surface area contributed by atoms with E-state index >= 15 is 0 Å². The van der Waals surface area contributed by atoms with Gasteiger partial charge in [0.1, 0.15) is 0 Å². The van der Waals surface area contributed by atoms with Crippen molar-refractivity contribution in [3.63, 3.8) is 0 Å². The van der Waals surface area contributed by atoms with E-state index in [0.29, 0.717) is 45.4 Å². The van der Waals surface area contributed by atoms with Crippen molar-refractivity contribution < 1.29 is 17.9 Å². The number of ether oxygens (including phenoxy) is 2. The summed E-state index contributed by atoms with van der Waals surface area (Å²) >= 11 is 0. The van der Waals surface area contributed by atoms with Gasteiger partial charge in [-0.2, -0.15) is 17.4 Å². The Bertz CT molecular complexity index is 356. The van der Waals surface area contributed by atoms with Gasteiger partial charge in [0.05, 0.1) is 19.8 Å². The molecule has 1 fully saturated rings. The van der Waals surface area contributed by atoms with E-state index in [-0.39, 0.29) is 0 Å². The predicted molar refractivity (Wildman–Crippen MR) is 82.5 cm³/mol. The van der Waals surface area contributed by atoms with Crippen LogP contribution in [0.3, 0.4) is 0 Å². The maximum Gasteiger partial charge on any atom is 0.279 e. The molecule has 0 radical (unpaired) electrons. The highest BCUT2D eigenvalue weighted by Crippen LogP contribution is 2.18. The Morgan fingerprint density at radius 3 is 2.52 bits per heavy atom. The smallest absolute Gasteiger partial charge is 0.279 e. The molecule has 7 nitrogen and oxygen atoms in total. The summed E-state index contributed by atoms with van der Waals surface area (Å²) < 4.78 is 38.4. The lowest BCUT2D eigenvalue weighted by Crippen LogP contribution is -2.46. The van der Waals surface area contributed by atoms with Crippen molar-refractivity contribution in [3.05, 3.63) is 0 Å². The van der Waals surface area contributed by atoms with E-state index in [1.165, 1.54) is 4.31 Å². The van der Waals surface area contributed by atoms with Gasteiger partial charge in [0.25, 0.3) is 10.2 Å². The van der Waals surface area contributed by atoms with Gasteiger partial charge in [0.15, 0.2) is 0 Å². The summed E-state index contributed by atoms with van der Waals surface area (Å²) in [7, 11) is -1.77. The maximum atomic E-state index is 12.1. The molecule has 0 unspecified atom stereocenters. The van der Waals surface area contributed by atoms with Gasteiger partial charge >= 0.3 is 0 Å². The second-order valence-electron chi connectivity index (χ2n) is 5.15. The minimum absolute atomic E-state index is 0.295. The van der Waals surface area contributed by atoms with Crippen molar-refractivity contribution >= 4 is 10.2 Å². The molecule has 0 aromatic carbocycles. The largest absolute Gasteiger partial charge is 0.382 e. The van der Waals surface area contributed by atoms with Crippen LogP contribution in [0.5, 0.6) is 0 Å². The number of nitrogens with one attached hydrogen (secondary N) is 2. The first-order valence-corrected chi connectivity index (χ1v) is 9.06.